The van der Waals surface area contributed by atoms with Crippen LogP contribution in [0.5, 0.6) is 0 Å². The molecule has 7 heteroatoms. The molecule has 0 aliphatic heterocycles. The van der Waals surface area contributed by atoms with Gasteiger partial charge in [0, 0.05) is 19.5 Å². The summed E-state index contributed by atoms with van der Waals surface area (Å²) >= 11 is 0. The number of rotatable bonds is 13. The van der Waals surface area contributed by atoms with Gasteiger partial charge in [0.1, 0.15) is 0 Å². The van der Waals surface area contributed by atoms with Gasteiger partial charge in [-0.15, -0.1) is 6.58 Å². The molecule has 0 radical (unpaired) electrons. The molecule has 0 fully saturated rings. The molecule has 2 atom stereocenters. The number of carbonyl (C=O) groups excluding carboxylic acids is 2. The molecule has 0 heterocycles. The van der Waals surface area contributed by atoms with E-state index in [4.69, 9.17) is 9.84 Å². The number of carbonyl (C=O) groups is 2. The molecule has 0 aliphatic rings. The van der Waals surface area contributed by atoms with Crippen molar-refractivity contribution in [3.8, 4) is 0 Å². The molecule has 0 bridgehead atoms. The van der Waals surface area contributed by atoms with Gasteiger partial charge in [0.25, 0.3) is 0 Å². The smallest absolute Gasteiger partial charge is 0.224 e. The predicted molar refractivity (Wildman–Crippen MR) is 98.2 cm³/mol. The third kappa shape index (κ3) is 8.75. The Bertz CT molecular complexity index is 550. The summed E-state index contributed by atoms with van der Waals surface area (Å²) < 4.78 is 5.05. The van der Waals surface area contributed by atoms with Crippen molar-refractivity contribution in [1.82, 2.24) is 10.6 Å². The molecule has 0 saturated heterocycles. The first-order valence-electron chi connectivity index (χ1n) is 8.65. The highest BCUT2D eigenvalue weighted by Gasteiger charge is 2.21. The summed E-state index contributed by atoms with van der Waals surface area (Å²) in [7, 11) is 0. The van der Waals surface area contributed by atoms with Gasteiger partial charge in [-0.3, -0.25) is 9.59 Å². The van der Waals surface area contributed by atoms with E-state index in [2.05, 4.69) is 17.2 Å². The van der Waals surface area contributed by atoms with Crippen LogP contribution >= 0.6 is 0 Å². The van der Waals surface area contributed by atoms with Crippen molar-refractivity contribution in [2.45, 2.75) is 18.9 Å². The zero-order chi connectivity index (χ0) is 19.2. The van der Waals surface area contributed by atoms with Crippen LogP contribution in [0.25, 0.3) is 0 Å². The Hall–Kier alpha value is -2.22. The van der Waals surface area contributed by atoms with Gasteiger partial charge in [0.15, 0.2) is 0 Å². The summed E-state index contributed by atoms with van der Waals surface area (Å²) in [5.74, 6) is -1.11. The van der Waals surface area contributed by atoms with Gasteiger partial charge in [0.05, 0.1) is 31.8 Å². The van der Waals surface area contributed by atoms with Gasteiger partial charge in [-0.1, -0.05) is 36.4 Å². The van der Waals surface area contributed by atoms with Crippen molar-refractivity contribution in [1.29, 1.82) is 0 Å². The number of allylic oxidation sites excluding steroid dienone is 1. The predicted octanol–water partition coefficient (Wildman–Crippen LogP) is 0.544. The van der Waals surface area contributed by atoms with E-state index in [1.165, 1.54) is 0 Å². The first-order chi connectivity index (χ1) is 12.6. The number of aliphatic hydroxyl groups excluding tert-OH is 2. The lowest BCUT2D eigenvalue weighted by Gasteiger charge is -2.17. The maximum absolute atomic E-state index is 12.3. The zero-order valence-corrected chi connectivity index (χ0v) is 14.9. The van der Waals surface area contributed by atoms with Crippen molar-refractivity contribution < 1.29 is 24.5 Å². The van der Waals surface area contributed by atoms with Crippen LogP contribution in [0.1, 0.15) is 24.5 Å². The van der Waals surface area contributed by atoms with Gasteiger partial charge in [-0.05, 0) is 12.0 Å². The van der Waals surface area contributed by atoms with E-state index in [1.54, 1.807) is 18.2 Å². The molecule has 0 unspecified atom stereocenters. The second kappa shape index (κ2) is 13.0. The van der Waals surface area contributed by atoms with Crippen LogP contribution in [-0.4, -0.2) is 54.9 Å². The zero-order valence-electron chi connectivity index (χ0n) is 14.9. The van der Waals surface area contributed by atoms with Crippen LogP contribution in [0.2, 0.25) is 0 Å². The maximum Gasteiger partial charge on any atom is 0.224 e. The second-order valence-corrected chi connectivity index (χ2v) is 5.78. The first-order valence-corrected chi connectivity index (χ1v) is 8.65. The molecular weight excluding hydrogens is 336 g/mol. The standard InChI is InChI=1S/C19H28N2O5/c1-2-6-16(13-18(24)20-9-11-26-12-10-22)19(25)21-14-17(23)15-7-4-3-5-8-15/h2-5,7-8,16-17,22-23H,1,6,9-14H2,(H,20,24)(H,21,25)/t16-,17-/m1/s1. The van der Waals surface area contributed by atoms with Crippen LogP contribution in [0.4, 0.5) is 0 Å². The van der Waals surface area contributed by atoms with Crippen molar-refractivity contribution in [2.75, 3.05) is 32.9 Å². The monoisotopic (exact) mass is 364 g/mol. The third-order valence-electron chi connectivity index (χ3n) is 3.71. The molecule has 0 spiro atoms. The van der Waals surface area contributed by atoms with Crippen LogP contribution < -0.4 is 10.6 Å². The Balaban J connectivity index is 2.40. The lowest BCUT2D eigenvalue weighted by atomic mass is 9.99. The first kappa shape index (κ1) is 21.8. The van der Waals surface area contributed by atoms with Crippen LogP contribution in [-0.2, 0) is 14.3 Å². The largest absolute Gasteiger partial charge is 0.394 e. The normalized spacial score (nSPS) is 12.8. The fraction of sp³-hybridized carbons (Fsp3) is 0.474. The average Bonchev–Trinajstić information content (AvgIpc) is 2.66. The van der Waals surface area contributed by atoms with Crippen molar-refractivity contribution >= 4 is 11.8 Å². The van der Waals surface area contributed by atoms with Crippen LogP contribution in [0.3, 0.4) is 0 Å². The van der Waals surface area contributed by atoms with Crippen LogP contribution in [0.15, 0.2) is 43.0 Å². The van der Waals surface area contributed by atoms with Gasteiger partial charge in [-0.25, -0.2) is 0 Å². The Kier molecular flexibility index (Phi) is 10.9. The lowest BCUT2D eigenvalue weighted by Crippen LogP contribution is -2.37. The Morgan fingerprint density at radius 1 is 1.19 bits per heavy atom. The van der Waals surface area contributed by atoms with Crippen LogP contribution in [0, 0.1) is 5.92 Å². The van der Waals surface area contributed by atoms with E-state index in [0.29, 0.717) is 25.1 Å². The Morgan fingerprint density at radius 3 is 2.58 bits per heavy atom. The fourth-order valence-corrected chi connectivity index (χ4v) is 2.34. The highest BCUT2D eigenvalue weighted by atomic mass is 16.5. The molecule has 0 aromatic heterocycles. The van der Waals surface area contributed by atoms with Gasteiger partial charge >= 0.3 is 0 Å². The Morgan fingerprint density at radius 2 is 1.92 bits per heavy atom. The number of aliphatic hydroxyl groups is 2. The molecule has 1 aromatic rings. The summed E-state index contributed by atoms with van der Waals surface area (Å²) in [6.07, 6.45) is 1.18. The minimum Gasteiger partial charge on any atom is -0.394 e. The number of hydrogen-bond donors (Lipinski definition) is 4. The molecule has 144 valence electrons. The number of benzene rings is 1. The highest BCUT2D eigenvalue weighted by Crippen LogP contribution is 2.13. The lowest BCUT2D eigenvalue weighted by molar-refractivity contribution is -0.130. The molecule has 26 heavy (non-hydrogen) atoms. The minimum absolute atomic E-state index is 0.0271. The molecule has 1 rings (SSSR count). The molecule has 4 N–H and O–H groups in total. The van der Waals surface area contributed by atoms with Crippen molar-refractivity contribution in [3.05, 3.63) is 48.6 Å². The molecule has 1 aromatic carbocycles. The Labute approximate surface area is 154 Å². The molecular formula is C19H28N2O5. The number of nitrogens with one attached hydrogen (secondary N) is 2. The van der Waals surface area contributed by atoms with Gasteiger partial charge in [0.2, 0.25) is 11.8 Å². The summed E-state index contributed by atoms with van der Waals surface area (Å²) in [6, 6.07) is 9.04. The number of ether oxygens (including phenoxy) is 1. The number of hydrogen-bond acceptors (Lipinski definition) is 5. The maximum atomic E-state index is 12.3. The van der Waals surface area contributed by atoms with Crippen molar-refractivity contribution in [3.63, 3.8) is 0 Å². The second-order valence-electron chi connectivity index (χ2n) is 5.78. The molecule has 0 aliphatic carbocycles. The van der Waals surface area contributed by atoms with Crippen molar-refractivity contribution in [2.24, 2.45) is 5.92 Å². The topological polar surface area (TPSA) is 108 Å². The van der Waals surface area contributed by atoms with E-state index in [9.17, 15) is 14.7 Å². The van der Waals surface area contributed by atoms with Gasteiger partial charge < -0.3 is 25.6 Å². The molecule has 2 amide bonds. The number of amides is 2. The van der Waals surface area contributed by atoms with E-state index < -0.39 is 12.0 Å². The van der Waals surface area contributed by atoms with E-state index in [1.807, 2.05) is 18.2 Å². The van der Waals surface area contributed by atoms with E-state index >= 15 is 0 Å². The molecule has 7 nitrogen and oxygen atoms in total. The summed E-state index contributed by atoms with van der Waals surface area (Å²) in [4.78, 5) is 24.3. The quantitative estimate of drug-likeness (QED) is 0.302. The molecule has 0 saturated carbocycles. The summed E-state index contributed by atoms with van der Waals surface area (Å²) in [5.41, 5.74) is 0.716. The SMILES string of the molecule is C=CC[C@H](CC(=O)NCCOCCO)C(=O)NC[C@@H](O)c1ccccc1. The van der Waals surface area contributed by atoms with E-state index in [0.717, 1.165) is 0 Å². The highest BCUT2D eigenvalue weighted by molar-refractivity contribution is 5.85. The summed E-state index contributed by atoms with van der Waals surface area (Å²) in [6.45, 7) is 4.47. The third-order valence-corrected chi connectivity index (χ3v) is 3.71. The van der Waals surface area contributed by atoms with Gasteiger partial charge in [-0.2, -0.15) is 0 Å². The minimum atomic E-state index is -0.804. The summed E-state index contributed by atoms with van der Waals surface area (Å²) in [5, 5.41) is 24.0. The average molecular weight is 364 g/mol. The van der Waals surface area contributed by atoms with E-state index in [-0.39, 0.29) is 38.0 Å². The fourth-order valence-electron chi connectivity index (χ4n) is 2.34.